The van der Waals surface area contributed by atoms with Crippen molar-refractivity contribution in [2.24, 2.45) is 11.8 Å². The van der Waals surface area contributed by atoms with E-state index in [1.54, 1.807) is 7.11 Å². The molecule has 0 unspecified atom stereocenters. The second kappa shape index (κ2) is 5.54. The zero-order valence-corrected chi connectivity index (χ0v) is 7.98. The van der Waals surface area contributed by atoms with E-state index in [0.29, 0.717) is 0 Å². The van der Waals surface area contributed by atoms with E-state index in [4.69, 9.17) is 19.7 Å². The molecule has 2 N–H and O–H groups in total. The average Bonchev–Trinajstić information content (AvgIpc) is 2.56. The lowest BCUT2D eigenvalue weighted by molar-refractivity contribution is -0.0942. The van der Waals surface area contributed by atoms with E-state index in [9.17, 15) is 0 Å². The monoisotopic (exact) mass is 190 g/mol. The van der Waals surface area contributed by atoms with Gasteiger partial charge in [-0.05, 0) is 18.8 Å². The molecule has 0 saturated heterocycles. The molecule has 1 aliphatic rings. The average molecular weight is 190 g/mol. The number of rotatable bonds is 5. The maximum atomic E-state index is 9.11. The largest absolute Gasteiger partial charge is 0.396 e. The number of hydrogen-bond donors (Lipinski definition) is 2. The van der Waals surface area contributed by atoms with Crippen molar-refractivity contribution in [2.45, 2.75) is 18.9 Å². The molecule has 3 atom stereocenters. The fourth-order valence-corrected chi connectivity index (χ4v) is 1.97. The van der Waals surface area contributed by atoms with Crippen LogP contribution in [-0.4, -0.2) is 43.4 Å². The van der Waals surface area contributed by atoms with Gasteiger partial charge in [-0.2, -0.15) is 0 Å². The van der Waals surface area contributed by atoms with E-state index in [1.165, 1.54) is 0 Å². The third-order valence-electron chi connectivity index (χ3n) is 2.75. The van der Waals surface area contributed by atoms with Gasteiger partial charge < -0.3 is 19.7 Å². The van der Waals surface area contributed by atoms with Gasteiger partial charge in [0.25, 0.3) is 0 Å². The molecule has 1 fully saturated rings. The molecule has 0 radical (unpaired) electrons. The highest BCUT2D eigenvalue weighted by molar-refractivity contribution is 4.84. The van der Waals surface area contributed by atoms with Gasteiger partial charge in [-0.1, -0.05) is 0 Å². The fourth-order valence-electron chi connectivity index (χ4n) is 1.97. The van der Waals surface area contributed by atoms with Gasteiger partial charge in [-0.3, -0.25) is 0 Å². The van der Waals surface area contributed by atoms with E-state index in [1.807, 2.05) is 0 Å². The molecule has 78 valence electrons. The van der Waals surface area contributed by atoms with Crippen LogP contribution in [0.5, 0.6) is 0 Å². The maximum Gasteiger partial charge on any atom is 0.146 e. The van der Waals surface area contributed by atoms with Crippen molar-refractivity contribution in [3.63, 3.8) is 0 Å². The molecular formula is C9H18O4. The summed E-state index contributed by atoms with van der Waals surface area (Å²) in [7, 11) is 1.58. The predicted molar refractivity (Wildman–Crippen MR) is 47.1 cm³/mol. The Morgan fingerprint density at radius 2 is 2.00 bits per heavy atom. The normalized spacial score (nSPS) is 33.9. The third-order valence-corrected chi connectivity index (χ3v) is 2.75. The van der Waals surface area contributed by atoms with Crippen molar-refractivity contribution in [1.82, 2.24) is 0 Å². The minimum atomic E-state index is 0.0436. The zero-order valence-electron chi connectivity index (χ0n) is 7.98. The molecule has 0 spiro atoms. The van der Waals surface area contributed by atoms with Crippen LogP contribution in [0.15, 0.2) is 0 Å². The molecule has 1 aliphatic carbocycles. The Morgan fingerprint density at radius 3 is 2.54 bits per heavy atom. The van der Waals surface area contributed by atoms with Crippen LogP contribution in [0.1, 0.15) is 12.8 Å². The van der Waals surface area contributed by atoms with Gasteiger partial charge in [0, 0.05) is 26.2 Å². The first-order chi connectivity index (χ1) is 6.33. The summed E-state index contributed by atoms with van der Waals surface area (Å²) in [5, 5.41) is 18.1. The SMILES string of the molecule is COCO[C@H]1CC[C@@H](CO)[C@H]1CO. The quantitative estimate of drug-likeness (QED) is 0.598. The Kier molecular flexibility index (Phi) is 4.66. The summed E-state index contributed by atoms with van der Waals surface area (Å²) in [6.45, 7) is 0.483. The van der Waals surface area contributed by atoms with Crippen molar-refractivity contribution in [2.75, 3.05) is 27.1 Å². The molecule has 0 aromatic rings. The van der Waals surface area contributed by atoms with Gasteiger partial charge in [0.15, 0.2) is 0 Å². The summed E-state index contributed by atoms with van der Waals surface area (Å²) in [6.07, 6.45) is 1.87. The summed E-state index contributed by atoms with van der Waals surface area (Å²) in [6, 6.07) is 0. The molecule has 4 nitrogen and oxygen atoms in total. The first kappa shape index (κ1) is 10.9. The summed E-state index contributed by atoms with van der Waals surface area (Å²) >= 11 is 0. The first-order valence-electron chi connectivity index (χ1n) is 4.65. The number of ether oxygens (including phenoxy) is 2. The van der Waals surface area contributed by atoms with Crippen molar-refractivity contribution < 1.29 is 19.7 Å². The lowest BCUT2D eigenvalue weighted by Crippen LogP contribution is -2.27. The Balaban J connectivity index is 2.37. The van der Waals surface area contributed by atoms with Gasteiger partial charge in [0.2, 0.25) is 0 Å². The minimum Gasteiger partial charge on any atom is -0.396 e. The number of aliphatic hydroxyl groups excluding tert-OH is 2. The lowest BCUT2D eigenvalue weighted by atomic mass is 9.97. The number of methoxy groups -OCH3 is 1. The van der Waals surface area contributed by atoms with E-state index in [0.717, 1.165) is 12.8 Å². The lowest BCUT2D eigenvalue weighted by Gasteiger charge is -2.21. The van der Waals surface area contributed by atoms with Gasteiger partial charge in [0.05, 0.1) is 6.10 Å². The molecular weight excluding hydrogens is 172 g/mol. The predicted octanol–water partition coefficient (Wildman–Crippen LogP) is -0.0137. The smallest absolute Gasteiger partial charge is 0.146 e. The highest BCUT2D eigenvalue weighted by Crippen LogP contribution is 2.33. The summed E-state index contributed by atoms with van der Waals surface area (Å²) in [4.78, 5) is 0. The van der Waals surface area contributed by atoms with Gasteiger partial charge >= 0.3 is 0 Å². The minimum absolute atomic E-state index is 0.0436. The molecule has 13 heavy (non-hydrogen) atoms. The van der Waals surface area contributed by atoms with E-state index in [-0.39, 0.29) is 37.9 Å². The first-order valence-corrected chi connectivity index (χ1v) is 4.65. The summed E-state index contributed by atoms with van der Waals surface area (Å²) in [5.41, 5.74) is 0. The number of aliphatic hydroxyl groups is 2. The van der Waals surface area contributed by atoms with Crippen molar-refractivity contribution in [1.29, 1.82) is 0 Å². The Bertz CT molecular complexity index is 140. The molecule has 0 aliphatic heterocycles. The van der Waals surface area contributed by atoms with E-state index < -0.39 is 0 Å². The summed E-state index contributed by atoms with van der Waals surface area (Å²) in [5.74, 6) is 0.256. The molecule has 0 aromatic carbocycles. The van der Waals surface area contributed by atoms with Gasteiger partial charge in [-0.15, -0.1) is 0 Å². The van der Waals surface area contributed by atoms with Crippen LogP contribution < -0.4 is 0 Å². The second-order valence-corrected chi connectivity index (χ2v) is 3.48. The van der Waals surface area contributed by atoms with Crippen LogP contribution in [-0.2, 0) is 9.47 Å². The topological polar surface area (TPSA) is 58.9 Å². The third kappa shape index (κ3) is 2.64. The Hall–Kier alpha value is -0.160. The molecule has 0 amide bonds. The molecule has 0 aromatic heterocycles. The van der Waals surface area contributed by atoms with Crippen LogP contribution in [0.2, 0.25) is 0 Å². The van der Waals surface area contributed by atoms with Crippen molar-refractivity contribution in [3.8, 4) is 0 Å². The second-order valence-electron chi connectivity index (χ2n) is 3.48. The van der Waals surface area contributed by atoms with Gasteiger partial charge in [-0.25, -0.2) is 0 Å². The molecule has 1 rings (SSSR count). The maximum absolute atomic E-state index is 9.11. The molecule has 1 saturated carbocycles. The Morgan fingerprint density at radius 1 is 1.23 bits per heavy atom. The number of hydrogen-bond acceptors (Lipinski definition) is 4. The van der Waals surface area contributed by atoms with Crippen molar-refractivity contribution >= 4 is 0 Å². The van der Waals surface area contributed by atoms with Crippen LogP contribution in [0.25, 0.3) is 0 Å². The van der Waals surface area contributed by atoms with E-state index in [2.05, 4.69) is 0 Å². The molecule has 0 bridgehead atoms. The van der Waals surface area contributed by atoms with Gasteiger partial charge in [0.1, 0.15) is 6.79 Å². The summed E-state index contributed by atoms with van der Waals surface area (Å²) < 4.78 is 10.2. The highest BCUT2D eigenvalue weighted by Gasteiger charge is 2.35. The van der Waals surface area contributed by atoms with Crippen LogP contribution >= 0.6 is 0 Å². The zero-order chi connectivity index (χ0) is 9.68. The molecule has 4 heteroatoms. The standard InChI is InChI=1S/C9H18O4/c1-12-6-13-9-3-2-7(4-10)8(9)5-11/h7-11H,2-6H2,1H3/t7-,8+,9-/m0/s1. The van der Waals surface area contributed by atoms with Crippen LogP contribution in [0.3, 0.4) is 0 Å². The molecule has 0 heterocycles. The van der Waals surface area contributed by atoms with Crippen LogP contribution in [0.4, 0.5) is 0 Å². The van der Waals surface area contributed by atoms with Crippen molar-refractivity contribution in [3.05, 3.63) is 0 Å². The Labute approximate surface area is 78.5 Å². The van der Waals surface area contributed by atoms with E-state index >= 15 is 0 Å². The fraction of sp³-hybridized carbons (Fsp3) is 1.00. The highest BCUT2D eigenvalue weighted by atomic mass is 16.7. The van der Waals surface area contributed by atoms with Crippen LogP contribution in [0, 0.1) is 11.8 Å².